The summed E-state index contributed by atoms with van der Waals surface area (Å²) in [5.74, 6) is 1.02. The van der Waals surface area contributed by atoms with Crippen LogP contribution in [-0.4, -0.2) is 20.8 Å². The quantitative estimate of drug-likeness (QED) is 0.881. The summed E-state index contributed by atoms with van der Waals surface area (Å²) in [6.45, 7) is 3.33. The van der Waals surface area contributed by atoms with E-state index in [4.69, 9.17) is 9.47 Å². The zero-order valence-corrected chi connectivity index (χ0v) is 12.6. The Morgan fingerprint density at radius 2 is 1.90 bits per heavy atom. The van der Waals surface area contributed by atoms with Crippen LogP contribution in [0.1, 0.15) is 12.5 Å². The van der Waals surface area contributed by atoms with Gasteiger partial charge in [-0.25, -0.2) is 4.39 Å². The molecule has 0 aliphatic heterocycles. The first-order valence-corrected chi connectivity index (χ1v) is 6.91. The Balaban J connectivity index is 2.41. The summed E-state index contributed by atoms with van der Waals surface area (Å²) in [4.78, 5) is 0. The summed E-state index contributed by atoms with van der Waals surface area (Å²) >= 11 is 0. The van der Waals surface area contributed by atoms with Crippen molar-refractivity contribution in [3.8, 4) is 22.6 Å². The summed E-state index contributed by atoms with van der Waals surface area (Å²) in [6, 6.07) is 10.8. The predicted molar refractivity (Wildman–Crippen MR) is 82.3 cm³/mol. The Morgan fingerprint density at radius 1 is 1.10 bits per heavy atom. The molecule has 1 N–H and O–H groups in total. The summed E-state index contributed by atoms with van der Waals surface area (Å²) in [5, 5.41) is 3.12. The number of halogens is 1. The summed E-state index contributed by atoms with van der Waals surface area (Å²) < 4.78 is 24.8. The lowest BCUT2D eigenvalue weighted by Gasteiger charge is -2.13. The van der Waals surface area contributed by atoms with Gasteiger partial charge in [0, 0.05) is 17.7 Å². The van der Waals surface area contributed by atoms with Gasteiger partial charge in [0.1, 0.15) is 5.82 Å². The zero-order valence-electron chi connectivity index (χ0n) is 12.6. The maximum Gasteiger partial charge on any atom is 0.168 e. The molecule has 0 fully saturated rings. The molecule has 0 spiro atoms. The van der Waals surface area contributed by atoms with Gasteiger partial charge in [0.25, 0.3) is 0 Å². The van der Waals surface area contributed by atoms with E-state index in [2.05, 4.69) is 5.32 Å². The van der Waals surface area contributed by atoms with Gasteiger partial charge in [0.05, 0.1) is 14.2 Å². The van der Waals surface area contributed by atoms with E-state index < -0.39 is 0 Å². The Labute approximate surface area is 124 Å². The molecule has 3 nitrogen and oxygen atoms in total. The molecule has 0 radical (unpaired) electrons. The number of methoxy groups -OCH3 is 2. The molecule has 2 rings (SSSR count). The fourth-order valence-corrected chi connectivity index (χ4v) is 2.23. The fourth-order valence-electron chi connectivity index (χ4n) is 2.23. The predicted octanol–water partition coefficient (Wildman–Crippen LogP) is 3.62. The smallest absolute Gasteiger partial charge is 0.168 e. The number of nitrogens with one attached hydrogen (secondary N) is 1. The molecule has 0 heterocycles. The van der Waals surface area contributed by atoms with Gasteiger partial charge in [-0.1, -0.05) is 31.2 Å². The van der Waals surface area contributed by atoms with E-state index in [-0.39, 0.29) is 5.82 Å². The number of benzene rings is 2. The second-order valence-electron chi connectivity index (χ2n) is 4.63. The molecule has 4 heteroatoms. The maximum absolute atomic E-state index is 14.2. The first-order valence-electron chi connectivity index (χ1n) is 6.91. The Morgan fingerprint density at radius 3 is 2.52 bits per heavy atom. The lowest BCUT2D eigenvalue weighted by atomic mass is 10.0. The zero-order chi connectivity index (χ0) is 15.2. The number of hydrogen-bond acceptors (Lipinski definition) is 3. The third kappa shape index (κ3) is 3.34. The standard InChI is InChI=1S/C17H20FNO2/c1-4-19-11-13-9-8-12(10-15(13)18)14-6-5-7-16(20-2)17(14)21-3/h5-10,19H,4,11H2,1-3H3. The molecule has 0 saturated heterocycles. The van der Waals surface area contributed by atoms with Crippen LogP contribution in [0.25, 0.3) is 11.1 Å². The van der Waals surface area contributed by atoms with Crippen LogP contribution in [0.15, 0.2) is 36.4 Å². The van der Waals surface area contributed by atoms with Gasteiger partial charge in [0.15, 0.2) is 11.5 Å². The first kappa shape index (κ1) is 15.3. The van der Waals surface area contributed by atoms with Crippen LogP contribution in [0.3, 0.4) is 0 Å². The molecule has 0 aliphatic rings. The van der Waals surface area contributed by atoms with Gasteiger partial charge in [-0.3, -0.25) is 0 Å². The molecule has 0 aromatic heterocycles. The van der Waals surface area contributed by atoms with Crippen molar-refractivity contribution in [2.75, 3.05) is 20.8 Å². The van der Waals surface area contributed by atoms with Crippen LogP contribution in [0.2, 0.25) is 0 Å². The normalized spacial score (nSPS) is 10.5. The van der Waals surface area contributed by atoms with E-state index >= 15 is 0 Å². The number of ether oxygens (including phenoxy) is 2. The molecular weight excluding hydrogens is 269 g/mol. The highest BCUT2D eigenvalue weighted by atomic mass is 19.1. The molecule has 0 aliphatic carbocycles. The van der Waals surface area contributed by atoms with Crippen LogP contribution >= 0.6 is 0 Å². The Kier molecular flexibility index (Phi) is 5.17. The largest absolute Gasteiger partial charge is 0.493 e. The average Bonchev–Trinajstić information content (AvgIpc) is 2.52. The molecule has 0 bridgehead atoms. The molecule has 2 aromatic carbocycles. The van der Waals surface area contributed by atoms with E-state index in [1.54, 1.807) is 20.3 Å². The molecule has 0 unspecified atom stereocenters. The van der Waals surface area contributed by atoms with Crippen LogP contribution in [0, 0.1) is 5.82 Å². The third-order valence-corrected chi connectivity index (χ3v) is 3.33. The lowest BCUT2D eigenvalue weighted by molar-refractivity contribution is 0.356. The number of hydrogen-bond donors (Lipinski definition) is 1. The van der Waals surface area contributed by atoms with Gasteiger partial charge in [0.2, 0.25) is 0 Å². The minimum atomic E-state index is -0.224. The Hall–Kier alpha value is -2.07. The average molecular weight is 289 g/mol. The maximum atomic E-state index is 14.2. The number of rotatable bonds is 6. The van der Waals surface area contributed by atoms with Crippen LogP contribution in [0.5, 0.6) is 11.5 Å². The highest BCUT2D eigenvalue weighted by Crippen LogP contribution is 2.38. The Bertz CT molecular complexity index is 614. The van der Waals surface area contributed by atoms with E-state index in [9.17, 15) is 4.39 Å². The minimum Gasteiger partial charge on any atom is -0.493 e. The lowest BCUT2D eigenvalue weighted by Crippen LogP contribution is -2.12. The highest BCUT2D eigenvalue weighted by molar-refractivity contribution is 5.74. The van der Waals surface area contributed by atoms with Gasteiger partial charge in [-0.05, 0) is 24.2 Å². The van der Waals surface area contributed by atoms with Crippen molar-refractivity contribution >= 4 is 0 Å². The molecule has 0 atom stereocenters. The van der Waals surface area contributed by atoms with Crippen LogP contribution in [0.4, 0.5) is 4.39 Å². The van der Waals surface area contributed by atoms with Gasteiger partial charge < -0.3 is 14.8 Å². The van der Waals surface area contributed by atoms with Gasteiger partial charge in [-0.2, -0.15) is 0 Å². The van der Waals surface area contributed by atoms with Crippen molar-refractivity contribution in [1.82, 2.24) is 5.32 Å². The summed E-state index contributed by atoms with van der Waals surface area (Å²) in [7, 11) is 3.17. The molecule has 112 valence electrons. The molecule has 0 saturated carbocycles. The monoisotopic (exact) mass is 289 g/mol. The highest BCUT2D eigenvalue weighted by Gasteiger charge is 2.13. The summed E-state index contributed by atoms with van der Waals surface area (Å²) in [5.41, 5.74) is 2.23. The second kappa shape index (κ2) is 7.09. The second-order valence-corrected chi connectivity index (χ2v) is 4.63. The molecule has 2 aromatic rings. The van der Waals surface area contributed by atoms with Crippen molar-refractivity contribution < 1.29 is 13.9 Å². The number of para-hydroxylation sites is 1. The molecule has 0 amide bonds. The SMILES string of the molecule is CCNCc1ccc(-c2cccc(OC)c2OC)cc1F. The van der Waals surface area contributed by atoms with E-state index in [1.807, 2.05) is 31.2 Å². The van der Waals surface area contributed by atoms with Gasteiger partial charge >= 0.3 is 0 Å². The fraction of sp³-hybridized carbons (Fsp3) is 0.294. The first-order chi connectivity index (χ1) is 10.2. The van der Waals surface area contributed by atoms with Crippen molar-refractivity contribution in [3.63, 3.8) is 0 Å². The van der Waals surface area contributed by atoms with Crippen molar-refractivity contribution in [1.29, 1.82) is 0 Å². The summed E-state index contributed by atoms with van der Waals surface area (Å²) in [6.07, 6.45) is 0. The minimum absolute atomic E-state index is 0.224. The van der Waals surface area contributed by atoms with Crippen LogP contribution in [-0.2, 0) is 6.54 Å². The van der Waals surface area contributed by atoms with E-state index in [0.717, 1.165) is 17.7 Å². The van der Waals surface area contributed by atoms with Crippen molar-refractivity contribution in [2.24, 2.45) is 0 Å². The van der Waals surface area contributed by atoms with E-state index in [0.29, 0.717) is 23.6 Å². The van der Waals surface area contributed by atoms with Gasteiger partial charge in [-0.15, -0.1) is 0 Å². The topological polar surface area (TPSA) is 30.5 Å². The van der Waals surface area contributed by atoms with Crippen molar-refractivity contribution in [2.45, 2.75) is 13.5 Å². The molecule has 21 heavy (non-hydrogen) atoms. The van der Waals surface area contributed by atoms with E-state index in [1.165, 1.54) is 6.07 Å². The third-order valence-electron chi connectivity index (χ3n) is 3.33. The van der Waals surface area contributed by atoms with Crippen molar-refractivity contribution in [3.05, 3.63) is 47.8 Å². The van der Waals surface area contributed by atoms with Crippen LogP contribution < -0.4 is 14.8 Å². The molecular formula is C17H20FNO2.